The van der Waals surface area contributed by atoms with Crippen molar-refractivity contribution in [2.75, 3.05) is 6.54 Å². The molecular weight excluding hydrogens is 410 g/mol. The van der Waals surface area contributed by atoms with Crippen LogP contribution >= 0.6 is 0 Å². The first-order chi connectivity index (χ1) is 15.9. The van der Waals surface area contributed by atoms with Gasteiger partial charge in [0.15, 0.2) is 0 Å². The number of aromatic amines is 1. The van der Waals surface area contributed by atoms with Crippen molar-refractivity contribution in [2.45, 2.75) is 45.1 Å². The summed E-state index contributed by atoms with van der Waals surface area (Å²) in [4.78, 5) is 31.8. The molecule has 166 valence electrons. The van der Waals surface area contributed by atoms with Gasteiger partial charge >= 0.3 is 0 Å². The molecular formula is C27H27N5O. The molecule has 0 radical (unpaired) electrons. The van der Waals surface area contributed by atoms with Gasteiger partial charge in [-0.25, -0.2) is 15.0 Å². The van der Waals surface area contributed by atoms with Gasteiger partial charge in [-0.3, -0.25) is 4.79 Å². The standard InChI is InChI=1S/C27H27N5O/c1-16-25-12-19-5-4-18(21-13-28-17(2)29-14-21)10-22(19)27(16,3)8-9-32(25)26(33)20-6-7-23-24(11-20)31-15-30-23/h4-7,10-11,13-16,25H,8-9,12H2,1-3H3,(H,30,31)/t16-,25-,27-/m1/s1. The minimum atomic E-state index is 0.0317. The molecule has 1 fully saturated rings. The van der Waals surface area contributed by atoms with E-state index in [-0.39, 0.29) is 17.4 Å². The van der Waals surface area contributed by atoms with E-state index >= 15 is 0 Å². The number of imidazole rings is 1. The number of piperidine rings is 1. The van der Waals surface area contributed by atoms with Crippen LogP contribution in [0, 0.1) is 12.8 Å². The van der Waals surface area contributed by atoms with Gasteiger partial charge in [0.05, 0.1) is 17.4 Å². The number of fused-ring (bicyclic) bond motifs is 5. The van der Waals surface area contributed by atoms with Gasteiger partial charge in [0.2, 0.25) is 0 Å². The first kappa shape index (κ1) is 20.1. The number of nitrogens with one attached hydrogen (secondary N) is 1. The lowest BCUT2D eigenvalue weighted by Gasteiger charge is -2.54. The van der Waals surface area contributed by atoms with E-state index in [2.05, 4.69) is 56.9 Å². The predicted molar refractivity (Wildman–Crippen MR) is 128 cm³/mol. The van der Waals surface area contributed by atoms with E-state index in [0.29, 0.717) is 5.92 Å². The van der Waals surface area contributed by atoms with Gasteiger partial charge in [-0.05, 0) is 66.0 Å². The maximum atomic E-state index is 13.6. The van der Waals surface area contributed by atoms with E-state index in [1.165, 1.54) is 11.1 Å². The summed E-state index contributed by atoms with van der Waals surface area (Å²) in [6, 6.07) is 12.7. The van der Waals surface area contributed by atoms with Gasteiger partial charge in [0.25, 0.3) is 5.91 Å². The topological polar surface area (TPSA) is 74.8 Å². The Balaban J connectivity index is 1.35. The number of aromatic nitrogens is 4. The van der Waals surface area contributed by atoms with Crippen molar-refractivity contribution in [2.24, 2.45) is 5.92 Å². The van der Waals surface area contributed by atoms with Crippen LogP contribution in [0.4, 0.5) is 0 Å². The Morgan fingerprint density at radius 2 is 1.91 bits per heavy atom. The Labute approximate surface area is 193 Å². The Bertz CT molecular complexity index is 1380. The molecule has 0 saturated carbocycles. The summed E-state index contributed by atoms with van der Waals surface area (Å²) < 4.78 is 0. The van der Waals surface area contributed by atoms with Crippen LogP contribution in [0.1, 0.15) is 47.6 Å². The zero-order chi connectivity index (χ0) is 22.7. The van der Waals surface area contributed by atoms with Crippen molar-refractivity contribution in [3.05, 3.63) is 77.6 Å². The lowest BCUT2D eigenvalue weighted by atomic mass is 9.58. The highest BCUT2D eigenvalue weighted by Crippen LogP contribution is 2.49. The first-order valence-corrected chi connectivity index (χ1v) is 11.6. The van der Waals surface area contributed by atoms with Crippen molar-refractivity contribution >= 4 is 16.9 Å². The molecule has 0 spiro atoms. The van der Waals surface area contributed by atoms with Gasteiger partial charge in [-0.1, -0.05) is 32.0 Å². The fourth-order valence-electron chi connectivity index (χ4n) is 5.83. The fourth-order valence-corrected chi connectivity index (χ4v) is 5.83. The van der Waals surface area contributed by atoms with E-state index in [1.54, 1.807) is 6.33 Å². The molecule has 4 aromatic rings. The van der Waals surface area contributed by atoms with Gasteiger partial charge in [0.1, 0.15) is 5.82 Å². The molecule has 1 aliphatic heterocycles. The van der Waals surface area contributed by atoms with Gasteiger partial charge in [-0.2, -0.15) is 0 Å². The fraction of sp³-hybridized carbons (Fsp3) is 0.333. The number of benzene rings is 2. The SMILES string of the molecule is Cc1ncc(-c2ccc3c(c2)[C@]2(C)CCN(C(=O)c4ccc5nc[nH]c5c4)[C@H](C3)[C@H]2C)cn1. The summed E-state index contributed by atoms with van der Waals surface area (Å²) in [5.74, 6) is 1.26. The number of nitrogens with zero attached hydrogens (tertiary/aromatic N) is 4. The van der Waals surface area contributed by atoms with Crippen LogP contribution in [-0.2, 0) is 11.8 Å². The molecule has 6 rings (SSSR count). The second kappa shape index (κ2) is 7.24. The zero-order valence-corrected chi connectivity index (χ0v) is 19.2. The summed E-state index contributed by atoms with van der Waals surface area (Å²) in [6.45, 7) is 7.35. The van der Waals surface area contributed by atoms with Gasteiger partial charge < -0.3 is 9.88 Å². The monoisotopic (exact) mass is 437 g/mol. The number of carbonyl (C=O) groups is 1. The minimum absolute atomic E-state index is 0.0317. The third kappa shape index (κ3) is 3.08. The number of rotatable bonds is 2. The van der Waals surface area contributed by atoms with Crippen LogP contribution in [0.5, 0.6) is 0 Å². The van der Waals surface area contributed by atoms with Crippen LogP contribution in [-0.4, -0.2) is 43.3 Å². The van der Waals surface area contributed by atoms with Gasteiger partial charge in [0, 0.05) is 36.1 Å². The van der Waals surface area contributed by atoms with E-state index in [0.717, 1.165) is 52.9 Å². The lowest BCUT2D eigenvalue weighted by Crippen LogP contribution is -2.59. The normalized spacial score (nSPS) is 24.0. The first-order valence-electron chi connectivity index (χ1n) is 11.6. The second-order valence-electron chi connectivity index (χ2n) is 9.75. The van der Waals surface area contributed by atoms with Crippen molar-refractivity contribution in [1.29, 1.82) is 0 Å². The Morgan fingerprint density at radius 1 is 1.09 bits per heavy atom. The third-order valence-corrected chi connectivity index (χ3v) is 8.05. The number of hydrogen-bond acceptors (Lipinski definition) is 4. The smallest absolute Gasteiger partial charge is 0.254 e. The predicted octanol–water partition coefficient (Wildman–Crippen LogP) is 4.69. The number of carbonyl (C=O) groups excluding carboxylic acids is 1. The molecule has 2 aromatic carbocycles. The highest BCUT2D eigenvalue weighted by atomic mass is 16.2. The van der Waals surface area contributed by atoms with Crippen LogP contribution < -0.4 is 0 Å². The summed E-state index contributed by atoms with van der Waals surface area (Å²) in [5, 5.41) is 0. The molecule has 1 saturated heterocycles. The molecule has 1 N–H and O–H groups in total. The van der Waals surface area contributed by atoms with E-state index in [1.807, 2.05) is 37.5 Å². The highest BCUT2D eigenvalue weighted by molar-refractivity contribution is 5.97. The summed E-state index contributed by atoms with van der Waals surface area (Å²) >= 11 is 0. The summed E-state index contributed by atoms with van der Waals surface area (Å²) in [7, 11) is 0. The van der Waals surface area contributed by atoms with Crippen LogP contribution in [0.25, 0.3) is 22.2 Å². The zero-order valence-electron chi connectivity index (χ0n) is 19.2. The van der Waals surface area contributed by atoms with E-state index < -0.39 is 0 Å². The van der Waals surface area contributed by atoms with Crippen LogP contribution in [0.2, 0.25) is 0 Å². The number of likely N-dealkylation sites (tertiary alicyclic amines) is 1. The second-order valence-corrected chi connectivity index (χ2v) is 9.75. The Kier molecular flexibility index (Phi) is 4.41. The van der Waals surface area contributed by atoms with Crippen LogP contribution in [0.3, 0.4) is 0 Å². The lowest BCUT2D eigenvalue weighted by molar-refractivity contribution is 0.0251. The molecule has 6 nitrogen and oxygen atoms in total. The van der Waals surface area contributed by atoms with E-state index in [4.69, 9.17) is 0 Å². The average molecular weight is 438 g/mol. The maximum Gasteiger partial charge on any atom is 0.254 e. The number of aryl methyl sites for hydroxylation is 1. The molecule has 0 unspecified atom stereocenters. The van der Waals surface area contributed by atoms with Crippen molar-refractivity contribution in [3.63, 3.8) is 0 Å². The molecule has 3 heterocycles. The number of hydrogen-bond donors (Lipinski definition) is 1. The highest BCUT2D eigenvalue weighted by Gasteiger charge is 2.49. The molecule has 3 atom stereocenters. The van der Waals surface area contributed by atoms with Crippen molar-refractivity contribution in [3.8, 4) is 11.1 Å². The van der Waals surface area contributed by atoms with Crippen molar-refractivity contribution in [1.82, 2.24) is 24.8 Å². The molecule has 33 heavy (non-hydrogen) atoms. The third-order valence-electron chi connectivity index (χ3n) is 8.05. The molecule has 1 amide bonds. The number of H-pyrrole nitrogens is 1. The largest absolute Gasteiger partial charge is 0.345 e. The van der Waals surface area contributed by atoms with E-state index in [9.17, 15) is 4.79 Å². The molecule has 1 aliphatic carbocycles. The summed E-state index contributed by atoms with van der Waals surface area (Å²) in [5.41, 5.74) is 7.50. The number of amides is 1. The molecule has 6 heteroatoms. The molecule has 2 aliphatic rings. The maximum absolute atomic E-state index is 13.6. The summed E-state index contributed by atoms with van der Waals surface area (Å²) in [6.07, 6.45) is 7.30. The quantitative estimate of drug-likeness (QED) is 0.494. The van der Waals surface area contributed by atoms with Gasteiger partial charge in [-0.15, -0.1) is 0 Å². The minimum Gasteiger partial charge on any atom is -0.345 e. The molecule has 2 aromatic heterocycles. The Hall–Kier alpha value is -3.54. The Morgan fingerprint density at radius 3 is 2.73 bits per heavy atom. The van der Waals surface area contributed by atoms with Crippen LogP contribution in [0.15, 0.2) is 55.1 Å². The van der Waals surface area contributed by atoms with Crippen molar-refractivity contribution < 1.29 is 4.79 Å². The average Bonchev–Trinajstić information content (AvgIpc) is 3.29. The molecule has 2 bridgehead atoms.